The van der Waals surface area contributed by atoms with Crippen LogP contribution in [0.1, 0.15) is 19.4 Å². The summed E-state index contributed by atoms with van der Waals surface area (Å²) < 4.78 is 38.9. The van der Waals surface area contributed by atoms with E-state index in [1.165, 1.54) is 26.0 Å². The maximum atomic E-state index is 13.6. The molecule has 100 valence electrons. The number of hydrogen-bond donors (Lipinski definition) is 3. The Hall–Kier alpha value is -1.83. The van der Waals surface area contributed by atoms with E-state index >= 15 is 0 Å². The minimum Gasteiger partial charge on any atom is -0.409 e. The second-order valence-electron chi connectivity index (χ2n) is 3.88. The number of oxime groups is 1. The van der Waals surface area contributed by atoms with E-state index in [0.717, 1.165) is 6.07 Å². The third-order valence-electron chi connectivity index (χ3n) is 2.25. The Morgan fingerprint density at radius 2 is 2.11 bits per heavy atom. The summed E-state index contributed by atoms with van der Waals surface area (Å²) in [5.74, 6) is -1.06. The molecule has 0 heterocycles. The molecule has 0 saturated heterocycles. The number of nitrogens with one attached hydrogen (secondary N) is 1. The van der Waals surface area contributed by atoms with Gasteiger partial charge in [0.2, 0.25) is 10.0 Å². The molecule has 6 nitrogen and oxygen atoms in total. The van der Waals surface area contributed by atoms with Crippen LogP contribution in [-0.2, 0) is 10.0 Å². The van der Waals surface area contributed by atoms with Gasteiger partial charge in [0.1, 0.15) is 5.82 Å². The van der Waals surface area contributed by atoms with Crippen molar-refractivity contribution in [2.45, 2.75) is 19.1 Å². The molecule has 4 N–H and O–H groups in total. The molecular weight excluding hydrogens is 261 g/mol. The fourth-order valence-corrected chi connectivity index (χ4v) is 1.79. The zero-order valence-corrected chi connectivity index (χ0v) is 10.7. The minimum absolute atomic E-state index is 0.155. The van der Waals surface area contributed by atoms with Gasteiger partial charge in [-0.15, -0.1) is 0 Å². The lowest BCUT2D eigenvalue weighted by Crippen LogP contribution is -2.23. The van der Waals surface area contributed by atoms with Crippen molar-refractivity contribution in [2.24, 2.45) is 10.9 Å². The predicted molar refractivity (Wildman–Crippen MR) is 66.6 cm³/mol. The molecule has 0 fully saturated rings. The third kappa shape index (κ3) is 3.10. The average molecular weight is 275 g/mol. The van der Waals surface area contributed by atoms with E-state index in [1.54, 1.807) is 0 Å². The number of benzene rings is 1. The third-order valence-corrected chi connectivity index (χ3v) is 3.99. The molecule has 0 amide bonds. The van der Waals surface area contributed by atoms with Crippen LogP contribution < -0.4 is 10.5 Å². The lowest BCUT2D eigenvalue weighted by Gasteiger charge is -2.11. The molecule has 0 aromatic heterocycles. The number of sulfonamides is 1. The summed E-state index contributed by atoms with van der Waals surface area (Å²) >= 11 is 0. The summed E-state index contributed by atoms with van der Waals surface area (Å²) in [5, 5.41) is 10.5. The van der Waals surface area contributed by atoms with E-state index in [9.17, 15) is 12.8 Å². The summed E-state index contributed by atoms with van der Waals surface area (Å²) in [7, 11) is -3.61. The highest BCUT2D eigenvalue weighted by molar-refractivity contribution is 7.93. The van der Waals surface area contributed by atoms with Crippen molar-refractivity contribution < 1.29 is 18.0 Å². The highest BCUT2D eigenvalue weighted by Gasteiger charge is 2.17. The highest BCUT2D eigenvalue weighted by atomic mass is 32.2. The van der Waals surface area contributed by atoms with Crippen LogP contribution in [-0.4, -0.2) is 24.7 Å². The monoisotopic (exact) mass is 275 g/mol. The van der Waals surface area contributed by atoms with Gasteiger partial charge in [-0.2, -0.15) is 0 Å². The summed E-state index contributed by atoms with van der Waals surface area (Å²) in [6, 6.07) is 3.53. The maximum absolute atomic E-state index is 13.6. The lowest BCUT2D eigenvalue weighted by atomic mass is 10.2. The van der Waals surface area contributed by atoms with Gasteiger partial charge >= 0.3 is 0 Å². The number of rotatable bonds is 4. The van der Waals surface area contributed by atoms with Crippen LogP contribution >= 0.6 is 0 Å². The van der Waals surface area contributed by atoms with Gasteiger partial charge in [-0.25, -0.2) is 12.8 Å². The van der Waals surface area contributed by atoms with E-state index < -0.39 is 21.1 Å². The number of nitrogens with two attached hydrogens (primary N) is 1. The Morgan fingerprint density at radius 1 is 1.50 bits per heavy atom. The van der Waals surface area contributed by atoms with Crippen LogP contribution in [0.3, 0.4) is 0 Å². The van der Waals surface area contributed by atoms with Gasteiger partial charge in [0.15, 0.2) is 5.84 Å². The largest absolute Gasteiger partial charge is 0.409 e. The van der Waals surface area contributed by atoms with Crippen LogP contribution in [0.5, 0.6) is 0 Å². The Bertz CT molecular complexity index is 570. The molecule has 0 bridgehead atoms. The van der Waals surface area contributed by atoms with E-state index in [-0.39, 0.29) is 17.1 Å². The summed E-state index contributed by atoms with van der Waals surface area (Å²) in [6.07, 6.45) is 0. The number of amidine groups is 1. The SMILES string of the molecule is CC(C)S(=O)(=O)Nc1ccc(/C(N)=N/O)cc1F. The molecular formula is C10H14FN3O3S. The Kier molecular flexibility index (Phi) is 4.12. The predicted octanol–water partition coefficient (Wildman–Crippen LogP) is 1.07. The Labute approximate surface area is 104 Å². The van der Waals surface area contributed by atoms with Gasteiger partial charge in [-0.3, -0.25) is 4.72 Å². The summed E-state index contributed by atoms with van der Waals surface area (Å²) in [5.41, 5.74) is 5.26. The zero-order valence-electron chi connectivity index (χ0n) is 9.88. The molecule has 0 unspecified atom stereocenters. The second kappa shape index (κ2) is 5.21. The number of hydrogen-bond acceptors (Lipinski definition) is 4. The van der Waals surface area contributed by atoms with Crippen molar-refractivity contribution in [2.75, 3.05) is 4.72 Å². The zero-order chi connectivity index (χ0) is 13.9. The fourth-order valence-electron chi connectivity index (χ4n) is 1.09. The quantitative estimate of drug-likeness (QED) is 0.331. The number of anilines is 1. The van der Waals surface area contributed by atoms with Crippen LogP contribution in [0.15, 0.2) is 23.4 Å². The first-order valence-corrected chi connectivity index (χ1v) is 6.61. The van der Waals surface area contributed by atoms with Crippen molar-refractivity contribution in [3.05, 3.63) is 29.6 Å². The molecule has 0 aliphatic rings. The lowest BCUT2D eigenvalue weighted by molar-refractivity contribution is 0.318. The molecule has 18 heavy (non-hydrogen) atoms. The van der Waals surface area contributed by atoms with Gasteiger partial charge in [0.05, 0.1) is 10.9 Å². The van der Waals surface area contributed by atoms with E-state index in [2.05, 4.69) is 9.88 Å². The molecule has 0 saturated carbocycles. The standard InChI is InChI=1S/C10H14FN3O3S/c1-6(2)18(16,17)14-9-4-3-7(5-8(9)11)10(12)13-15/h3-6,14-15H,1-2H3,(H2,12,13). The molecule has 0 radical (unpaired) electrons. The minimum atomic E-state index is -3.61. The van der Waals surface area contributed by atoms with E-state index in [4.69, 9.17) is 10.9 Å². The topological polar surface area (TPSA) is 105 Å². The van der Waals surface area contributed by atoms with Crippen LogP contribution in [0.2, 0.25) is 0 Å². The first-order chi connectivity index (χ1) is 8.27. The smallest absolute Gasteiger partial charge is 0.235 e. The van der Waals surface area contributed by atoms with Crippen molar-refractivity contribution in [3.8, 4) is 0 Å². The molecule has 1 aromatic carbocycles. The maximum Gasteiger partial charge on any atom is 0.235 e. The van der Waals surface area contributed by atoms with Gasteiger partial charge in [-0.05, 0) is 32.0 Å². The molecule has 1 rings (SSSR count). The van der Waals surface area contributed by atoms with Crippen LogP contribution in [0.25, 0.3) is 0 Å². The molecule has 8 heteroatoms. The number of nitrogens with zero attached hydrogens (tertiary/aromatic N) is 1. The first kappa shape index (κ1) is 14.2. The van der Waals surface area contributed by atoms with Crippen LogP contribution in [0.4, 0.5) is 10.1 Å². The van der Waals surface area contributed by atoms with Crippen molar-refractivity contribution >= 4 is 21.5 Å². The van der Waals surface area contributed by atoms with Crippen molar-refractivity contribution in [3.63, 3.8) is 0 Å². The van der Waals surface area contributed by atoms with Gasteiger partial charge in [0, 0.05) is 5.56 Å². The molecule has 1 aromatic rings. The van der Waals surface area contributed by atoms with E-state index in [0.29, 0.717) is 0 Å². The number of halogens is 1. The fraction of sp³-hybridized carbons (Fsp3) is 0.300. The normalized spacial score (nSPS) is 12.8. The van der Waals surface area contributed by atoms with Gasteiger partial charge in [0.25, 0.3) is 0 Å². The molecule has 0 aliphatic carbocycles. The molecule has 0 spiro atoms. The Morgan fingerprint density at radius 3 is 2.56 bits per heavy atom. The second-order valence-corrected chi connectivity index (χ2v) is 6.11. The average Bonchev–Trinajstić information content (AvgIpc) is 2.30. The van der Waals surface area contributed by atoms with E-state index in [1.807, 2.05) is 0 Å². The molecule has 0 atom stereocenters. The Balaban J connectivity index is 3.08. The molecule has 0 aliphatic heterocycles. The van der Waals surface area contributed by atoms with Crippen molar-refractivity contribution in [1.82, 2.24) is 0 Å². The first-order valence-electron chi connectivity index (χ1n) is 5.07. The van der Waals surface area contributed by atoms with Crippen LogP contribution in [0, 0.1) is 5.82 Å². The van der Waals surface area contributed by atoms with Gasteiger partial charge < -0.3 is 10.9 Å². The summed E-state index contributed by atoms with van der Waals surface area (Å²) in [6.45, 7) is 2.95. The van der Waals surface area contributed by atoms with Gasteiger partial charge in [-0.1, -0.05) is 5.16 Å². The van der Waals surface area contributed by atoms with Crippen molar-refractivity contribution in [1.29, 1.82) is 0 Å². The highest BCUT2D eigenvalue weighted by Crippen LogP contribution is 2.18. The summed E-state index contributed by atoms with van der Waals surface area (Å²) in [4.78, 5) is 0.